The highest BCUT2D eigenvalue weighted by Crippen LogP contribution is 2.33. The Hall–Kier alpha value is -2.74. The maximum atomic E-state index is 12.3. The molecule has 0 saturated heterocycles. The van der Waals surface area contributed by atoms with Gasteiger partial charge in [-0.3, -0.25) is 4.79 Å². The molecule has 7 nitrogen and oxygen atoms in total. The number of anilines is 2. The predicted molar refractivity (Wildman–Crippen MR) is 120 cm³/mol. The molecule has 0 radical (unpaired) electrons. The third kappa shape index (κ3) is 5.44. The molecule has 30 heavy (non-hydrogen) atoms. The van der Waals surface area contributed by atoms with Gasteiger partial charge in [0, 0.05) is 15.0 Å². The third-order valence-electron chi connectivity index (χ3n) is 4.07. The van der Waals surface area contributed by atoms with Crippen molar-refractivity contribution >= 4 is 54.0 Å². The molecule has 0 saturated carbocycles. The zero-order valence-corrected chi connectivity index (χ0v) is 19.3. The lowest BCUT2D eigenvalue weighted by atomic mass is 10.2. The fourth-order valence-corrected chi connectivity index (χ4v) is 4.31. The Bertz CT molecular complexity index is 1210. The van der Waals surface area contributed by atoms with Crippen LogP contribution in [-0.2, 0) is 16.6 Å². The minimum Gasteiger partial charge on any atom is -0.313 e. The quantitative estimate of drug-likeness (QED) is 0.541. The van der Waals surface area contributed by atoms with Crippen molar-refractivity contribution in [3.8, 4) is 6.07 Å². The number of nitrogens with zero attached hydrogens (tertiary/aromatic N) is 3. The van der Waals surface area contributed by atoms with Crippen LogP contribution < -0.4 is 9.62 Å². The molecule has 0 unspecified atom stereocenters. The number of nitrogens with one attached hydrogen (secondary N) is 1. The summed E-state index contributed by atoms with van der Waals surface area (Å²) in [7, 11) is -3.70. The first-order valence-electron chi connectivity index (χ1n) is 8.68. The minimum atomic E-state index is -3.70. The van der Waals surface area contributed by atoms with Crippen molar-refractivity contribution in [2.75, 3.05) is 11.2 Å². The molecule has 0 fully saturated rings. The lowest BCUT2D eigenvalue weighted by Crippen LogP contribution is -2.30. The van der Waals surface area contributed by atoms with Crippen LogP contribution in [-0.4, -0.2) is 25.6 Å². The number of aromatic nitrogens is 1. The molecule has 0 aliphatic heterocycles. The van der Waals surface area contributed by atoms with Crippen LogP contribution in [0.1, 0.15) is 26.5 Å². The van der Waals surface area contributed by atoms with Crippen molar-refractivity contribution < 1.29 is 13.2 Å². The number of amides is 1. The molecule has 1 amide bonds. The van der Waals surface area contributed by atoms with Crippen LogP contribution >= 0.6 is 27.3 Å². The molecular formula is C20H17BrN4O3S2. The summed E-state index contributed by atoms with van der Waals surface area (Å²) >= 11 is 4.71. The summed E-state index contributed by atoms with van der Waals surface area (Å²) in [4.78, 5) is 19.3. The molecule has 1 N–H and O–H groups in total. The van der Waals surface area contributed by atoms with Crippen molar-refractivity contribution in [1.82, 2.24) is 9.71 Å². The van der Waals surface area contributed by atoms with Crippen molar-refractivity contribution in [2.24, 2.45) is 0 Å². The van der Waals surface area contributed by atoms with Crippen LogP contribution in [0.3, 0.4) is 0 Å². The highest BCUT2D eigenvalue weighted by Gasteiger charge is 2.22. The van der Waals surface area contributed by atoms with E-state index in [1.54, 1.807) is 19.1 Å². The Morgan fingerprint density at radius 3 is 2.40 bits per heavy atom. The average Bonchev–Trinajstić information content (AvgIpc) is 3.08. The number of aryl methyl sites for hydroxylation is 1. The Kier molecular flexibility index (Phi) is 6.55. The Labute approximate surface area is 187 Å². The highest BCUT2D eigenvalue weighted by molar-refractivity contribution is 9.10. The van der Waals surface area contributed by atoms with Gasteiger partial charge in [-0.1, -0.05) is 28.1 Å². The number of carbonyl (C=O) groups excluding carboxylic acids is 1. The van der Waals surface area contributed by atoms with E-state index < -0.39 is 15.9 Å². The summed E-state index contributed by atoms with van der Waals surface area (Å²) in [6.45, 7) is 2.19. The number of benzene rings is 2. The molecule has 2 aromatic carbocycles. The summed E-state index contributed by atoms with van der Waals surface area (Å²) < 4.78 is 25.8. The largest absolute Gasteiger partial charge is 0.313 e. The zero-order valence-electron chi connectivity index (χ0n) is 16.1. The van der Waals surface area contributed by atoms with Crippen LogP contribution in [0.15, 0.2) is 53.0 Å². The maximum Gasteiger partial charge on any atom is 0.284 e. The van der Waals surface area contributed by atoms with Gasteiger partial charge in [-0.2, -0.15) is 5.26 Å². The van der Waals surface area contributed by atoms with Crippen molar-refractivity contribution in [3.63, 3.8) is 0 Å². The van der Waals surface area contributed by atoms with Gasteiger partial charge in [-0.05, 0) is 48.9 Å². The van der Waals surface area contributed by atoms with Gasteiger partial charge < -0.3 is 4.90 Å². The molecular weight excluding hydrogens is 488 g/mol. The number of nitriles is 1. The number of sulfonamides is 1. The summed E-state index contributed by atoms with van der Waals surface area (Å²) in [5, 5.41) is 9.61. The number of carbonyl (C=O) groups is 1. The van der Waals surface area contributed by atoms with Crippen LogP contribution in [0, 0.1) is 18.3 Å². The van der Waals surface area contributed by atoms with E-state index in [4.69, 9.17) is 5.26 Å². The molecule has 0 aliphatic carbocycles. The lowest BCUT2D eigenvalue weighted by Gasteiger charge is -2.22. The van der Waals surface area contributed by atoms with E-state index >= 15 is 0 Å². The van der Waals surface area contributed by atoms with E-state index in [1.165, 1.54) is 11.3 Å². The normalized spacial score (nSPS) is 11.0. The van der Waals surface area contributed by atoms with Crippen LogP contribution in [0.2, 0.25) is 0 Å². The summed E-state index contributed by atoms with van der Waals surface area (Å²) in [5.74, 6) is -0.763. The second-order valence-corrected chi connectivity index (χ2v) is 10.3. The van der Waals surface area contributed by atoms with Gasteiger partial charge in [-0.25, -0.2) is 18.1 Å². The van der Waals surface area contributed by atoms with Gasteiger partial charge in [0.25, 0.3) is 5.91 Å². The predicted octanol–water partition coefficient (Wildman–Crippen LogP) is 4.11. The number of hydrogen-bond donors (Lipinski definition) is 1. The van der Waals surface area contributed by atoms with Gasteiger partial charge in [-0.15, -0.1) is 11.3 Å². The van der Waals surface area contributed by atoms with Gasteiger partial charge in [0.05, 0.1) is 24.4 Å². The molecule has 1 heterocycles. The minimum absolute atomic E-state index is 0.0647. The summed E-state index contributed by atoms with van der Waals surface area (Å²) in [6, 6.07) is 16.9. The Morgan fingerprint density at radius 2 is 1.83 bits per heavy atom. The maximum absolute atomic E-state index is 12.3. The molecule has 1 aromatic heterocycles. The first kappa shape index (κ1) is 22.0. The molecule has 10 heteroatoms. The molecule has 0 atom stereocenters. The van der Waals surface area contributed by atoms with E-state index in [2.05, 4.69) is 27.0 Å². The lowest BCUT2D eigenvalue weighted by molar-refractivity contribution is 0.0977. The highest BCUT2D eigenvalue weighted by atomic mass is 79.9. The number of thiazole rings is 1. The van der Waals surface area contributed by atoms with Crippen molar-refractivity contribution in [3.05, 3.63) is 74.7 Å². The zero-order chi connectivity index (χ0) is 21.9. The molecule has 154 valence electrons. The standard InChI is InChI=1S/C20H17BrN4O3S2/c1-13-18(19(26)24-30(2,27)28)23-20(29-13)25(12-15-3-7-16(21)8-4-15)17-9-5-14(11-22)6-10-17/h3-10H,12H2,1-2H3,(H,24,26). The van der Waals surface area contributed by atoms with E-state index in [-0.39, 0.29) is 5.69 Å². The van der Waals surface area contributed by atoms with E-state index in [0.717, 1.165) is 22.0 Å². The monoisotopic (exact) mass is 504 g/mol. The first-order valence-corrected chi connectivity index (χ1v) is 12.2. The molecule has 3 rings (SSSR count). The molecule has 3 aromatic rings. The van der Waals surface area contributed by atoms with Crippen molar-refractivity contribution in [2.45, 2.75) is 13.5 Å². The fourth-order valence-electron chi connectivity index (χ4n) is 2.68. The first-order chi connectivity index (χ1) is 14.2. The van der Waals surface area contributed by atoms with E-state index in [1.807, 2.05) is 46.0 Å². The average molecular weight is 505 g/mol. The molecule has 0 aliphatic rings. The molecule has 0 spiro atoms. The fraction of sp³-hybridized carbons (Fsp3) is 0.150. The number of hydrogen-bond acceptors (Lipinski definition) is 7. The van der Waals surface area contributed by atoms with Crippen molar-refractivity contribution in [1.29, 1.82) is 5.26 Å². The van der Waals surface area contributed by atoms with Gasteiger partial charge in [0.1, 0.15) is 5.69 Å². The SMILES string of the molecule is Cc1sc(N(Cc2ccc(Br)cc2)c2ccc(C#N)cc2)nc1C(=O)NS(C)(=O)=O. The second kappa shape index (κ2) is 8.95. The Balaban J connectivity index is 2.01. The van der Waals surface area contributed by atoms with Gasteiger partial charge in [0.15, 0.2) is 5.13 Å². The summed E-state index contributed by atoms with van der Waals surface area (Å²) in [6.07, 6.45) is 0.921. The van der Waals surface area contributed by atoms with E-state index in [9.17, 15) is 13.2 Å². The Morgan fingerprint density at radius 1 is 1.20 bits per heavy atom. The molecule has 0 bridgehead atoms. The second-order valence-electron chi connectivity index (χ2n) is 6.48. The smallest absolute Gasteiger partial charge is 0.284 e. The van der Waals surface area contributed by atoms with Crippen LogP contribution in [0.5, 0.6) is 0 Å². The van der Waals surface area contributed by atoms with Crippen LogP contribution in [0.4, 0.5) is 10.8 Å². The van der Waals surface area contributed by atoms with Crippen LogP contribution in [0.25, 0.3) is 0 Å². The summed E-state index contributed by atoms with van der Waals surface area (Å²) in [5.41, 5.74) is 2.40. The van der Waals surface area contributed by atoms with Gasteiger partial charge >= 0.3 is 0 Å². The topological polar surface area (TPSA) is 103 Å². The number of rotatable bonds is 6. The van der Waals surface area contributed by atoms with E-state index in [0.29, 0.717) is 22.1 Å². The third-order valence-corrected chi connectivity index (χ3v) is 6.15. The number of halogens is 1. The van der Waals surface area contributed by atoms with Gasteiger partial charge in [0.2, 0.25) is 10.0 Å².